The van der Waals surface area contributed by atoms with Gasteiger partial charge in [0.25, 0.3) is 11.8 Å². The number of thioether (sulfide) groups is 1. The van der Waals surface area contributed by atoms with Gasteiger partial charge in [-0.25, -0.2) is 4.39 Å². The molecule has 1 aliphatic heterocycles. The van der Waals surface area contributed by atoms with E-state index in [2.05, 4.69) is 0 Å². The lowest BCUT2D eigenvalue weighted by molar-refractivity contribution is -0.136. The van der Waals surface area contributed by atoms with Crippen molar-refractivity contribution in [2.75, 3.05) is 6.54 Å². The maximum atomic E-state index is 13.1. The summed E-state index contributed by atoms with van der Waals surface area (Å²) in [4.78, 5) is 27.0. The molecule has 0 saturated heterocycles. The zero-order chi connectivity index (χ0) is 16.3. The van der Waals surface area contributed by atoms with Crippen LogP contribution in [0.3, 0.4) is 0 Å². The molecule has 0 fully saturated rings. The first-order valence-electron chi connectivity index (χ1n) is 7.48. The smallest absolute Gasteiger partial charge is 0.267 e. The summed E-state index contributed by atoms with van der Waals surface area (Å²) in [7, 11) is 0. The lowest BCUT2D eigenvalue weighted by Gasteiger charge is -2.14. The average molecular weight is 321 g/mol. The molecule has 0 aliphatic carbocycles. The van der Waals surface area contributed by atoms with E-state index < -0.39 is 0 Å². The van der Waals surface area contributed by atoms with Crippen LogP contribution in [0, 0.1) is 5.82 Å². The number of nitrogens with zero attached hydrogens (tertiary/aromatic N) is 1. The van der Waals surface area contributed by atoms with Crippen LogP contribution in [-0.2, 0) is 9.59 Å². The van der Waals surface area contributed by atoms with Gasteiger partial charge >= 0.3 is 0 Å². The predicted octanol–water partition coefficient (Wildman–Crippen LogP) is 3.85. The Bertz CT molecular complexity index is 608. The number of imide groups is 1. The molecule has 118 valence electrons. The Morgan fingerprint density at radius 2 is 1.77 bits per heavy atom. The van der Waals surface area contributed by atoms with Crippen LogP contribution in [0.25, 0.3) is 5.57 Å². The van der Waals surface area contributed by atoms with Crippen molar-refractivity contribution in [3.05, 3.63) is 40.6 Å². The molecule has 0 N–H and O–H groups in total. The molecule has 22 heavy (non-hydrogen) atoms. The van der Waals surface area contributed by atoms with E-state index in [0.717, 1.165) is 12.8 Å². The number of unbranched alkanes of at least 4 members (excludes halogenated alkanes) is 1. The fraction of sp³-hybridized carbons (Fsp3) is 0.412. The van der Waals surface area contributed by atoms with Crippen molar-refractivity contribution in [3.63, 3.8) is 0 Å². The highest BCUT2D eigenvalue weighted by Gasteiger charge is 2.38. The van der Waals surface area contributed by atoms with Gasteiger partial charge in [-0.05, 0) is 24.1 Å². The fourth-order valence-corrected chi connectivity index (χ4v) is 3.29. The van der Waals surface area contributed by atoms with Crippen LogP contribution >= 0.6 is 11.8 Å². The van der Waals surface area contributed by atoms with Crippen molar-refractivity contribution in [2.24, 2.45) is 0 Å². The van der Waals surface area contributed by atoms with Crippen LogP contribution in [0.5, 0.6) is 0 Å². The van der Waals surface area contributed by atoms with Gasteiger partial charge in [0, 0.05) is 11.8 Å². The Morgan fingerprint density at radius 1 is 1.14 bits per heavy atom. The SMILES string of the molecule is CCCCN1C(=O)C(SC(C)C)=C(c2ccc(F)cc2)C1=O. The Kier molecular flexibility index (Phi) is 5.40. The van der Waals surface area contributed by atoms with Crippen LogP contribution in [-0.4, -0.2) is 28.5 Å². The molecule has 5 heteroatoms. The van der Waals surface area contributed by atoms with E-state index in [4.69, 9.17) is 0 Å². The number of halogens is 1. The maximum Gasteiger partial charge on any atom is 0.267 e. The van der Waals surface area contributed by atoms with Crippen molar-refractivity contribution < 1.29 is 14.0 Å². The van der Waals surface area contributed by atoms with Crippen LogP contribution in [0.15, 0.2) is 29.2 Å². The third kappa shape index (κ3) is 3.40. The van der Waals surface area contributed by atoms with E-state index in [1.54, 1.807) is 12.1 Å². The first-order valence-corrected chi connectivity index (χ1v) is 8.36. The summed E-state index contributed by atoms with van der Waals surface area (Å²) in [6.45, 7) is 6.41. The fourth-order valence-electron chi connectivity index (χ4n) is 2.29. The van der Waals surface area contributed by atoms with Crippen molar-refractivity contribution in [3.8, 4) is 0 Å². The molecule has 1 heterocycles. The van der Waals surface area contributed by atoms with E-state index in [1.807, 2.05) is 20.8 Å². The second kappa shape index (κ2) is 7.09. The van der Waals surface area contributed by atoms with Gasteiger partial charge in [0.15, 0.2) is 0 Å². The van der Waals surface area contributed by atoms with Crippen LogP contribution in [0.2, 0.25) is 0 Å². The van der Waals surface area contributed by atoms with Gasteiger partial charge in [0.2, 0.25) is 0 Å². The maximum absolute atomic E-state index is 13.1. The quantitative estimate of drug-likeness (QED) is 0.747. The highest BCUT2D eigenvalue weighted by Crippen LogP contribution is 2.37. The van der Waals surface area contributed by atoms with Gasteiger partial charge in [-0.1, -0.05) is 39.3 Å². The standard InChI is InChI=1S/C17H20FNO2S/c1-4-5-10-19-16(20)14(12-6-8-13(18)9-7-12)15(17(19)21)22-11(2)3/h6-9,11H,4-5,10H2,1-3H3. The van der Waals surface area contributed by atoms with Gasteiger partial charge < -0.3 is 0 Å². The molecule has 0 bridgehead atoms. The molecule has 0 atom stereocenters. The number of benzene rings is 1. The van der Waals surface area contributed by atoms with Crippen LogP contribution in [0.4, 0.5) is 4.39 Å². The average Bonchev–Trinajstić information content (AvgIpc) is 2.69. The molecule has 1 aliphatic rings. The minimum atomic E-state index is -0.359. The second-order valence-corrected chi connectivity index (χ2v) is 7.08. The third-order valence-corrected chi connectivity index (χ3v) is 4.43. The number of carbonyl (C=O) groups is 2. The Hall–Kier alpha value is -1.62. The summed E-state index contributed by atoms with van der Waals surface area (Å²) < 4.78 is 13.1. The highest BCUT2D eigenvalue weighted by atomic mass is 32.2. The minimum Gasteiger partial charge on any atom is -0.274 e. The van der Waals surface area contributed by atoms with Crippen molar-refractivity contribution >= 4 is 29.1 Å². The molecule has 2 rings (SSSR count). The van der Waals surface area contributed by atoms with Gasteiger partial charge in [0.1, 0.15) is 5.82 Å². The Labute approximate surface area is 134 Å². The number of rotatable bonds is 6. The second-order valence-electron chi connectivity index (χ2n) is 5.49. The number of hydrogen-bond donors (Lipinski definition) is 0. The molecule has 1 aromatic rings. The third-order valence-electron chi connectivity index (χ3n) is 3.35. The van der Waals surface area contributed by atoms with E-state index in [9.17, 15) is 14.0 Å². The normalized spacial score (nSPS) is 15.4. The first kappa shape index (κ1) is 16.7. The molecular weight excluding hydrogens is 301 g/mol. The summed E-state index contributed by atoms with van der Waals surface area (Å²) in [6, 6.07) is 5.74. The lowest BCUT2D eigenvalue weighted by atomic mass is 10.1. The molecule has 0 radical (unpaired) electrons. The first-order chi connectivity index (χ1) is 10.5. The van der Waals surface area contributed by atoms with E-state index in [0.29, 0.717) is 22.6 Å². The summed E-state index contributed by atoms with van der Waals surface area (Å²) >= 11 is 1.39. The summed E-state index contributed by atoms with van der Waals surface area (Å²) in [5.41, 5.74) is 1.00. The highest BCUT2D eigenvalue weighted by molar-refractivity contribution is 8.04. The molecule has 3 nitrogen and oxygen atoms in total. The topological polar surface area (TPSA) is 37.4 Å². The predicted molar refractivity (Wildman–Crippen MR) is 87.7 cm³/mol. The molecule has 0 spiro atoms. The van der Waals surface area contributed by atoms with E-state index in [1.165, 1.54) is 28.8 Å². The number of carbonyl (C=O) groups excluding carboxylic acids is 2. The molecule has 0 unspecified atom stereocenters. The minimum absolute atomic E-state index is 0.188. The summed E-state index contributed by atoms with van der Waals surface area (Å²) in [5.74, 6) is -0.855. The molecule has 0 saturated carbocycles. The van der Waals surface area contributed by atoms with Gasteiger partial charge in [-0.3, -0.25) is 14.5 Å². The summed E-state index contributed by atoms with van der Waals surface area (Å²) in [6.07, 6.45) is 1.70. The van der Waals surface area contributed by atoms with E-state index >= 15 is 0 Å². The lowest BCUT2D eigenvalue weighted by Crippen LogP contribution is -2.32. The van der Waals surface area contributed by atoms with Crippen molar-refractivity contribution in [1.29, 1.82) is 0 Å². The molecule has 1 aromatic carbocycles. The Balaban J connectivity index is 2.42. The zero-order valence-electron chi connectivity index (χ0n) is 13.1. The van der Waals surface area contributed by atoms with Crippen molar-refractivity contribution in [1.82, 2.24) is 4.90 Å². The van der Waals surface area contributed by atoms with Gasteiger partial charge in [0.05, 0.1) is 10.5 Å². The van der Waals surface area contributed by atoms with Crippen LogP contribution in [0.1, 0.15) is 39.2 Å². The number of amides is 2. The number of hydrogen-bond acceptors (Lipinski definition) is 3. The molecule has 0 aromatic heterocycles. The molecular formula is C17H20FNO2S. The Morgan fingerprint density at radius 3 is 2.32 bits per heavy atom. The van der Waals surface area contributed by atoms with Crippen LogP contribution < -0.4 is 0 Å². The van der Waals surface area contributed by atoms with Gasteiger partial charge in [-0.15, -0.1) is 11.8 Å². The zero-order valence-corrected chi connectivity index (χ0v) is 13.9. The monoisotopic (exact) mass is 321 g/mol. The van der Waals surface area contributed by atoms with Gasteiger partial charge in [-0.2, -0.15) is 0 Å². The van der Waals surface area contributed by atoms with Crippen molar-refractivity contribution in [2.45, 2.75) is 38.9 Å². The molecule has 2 amide bonds. The summed E-state index contributed by atoms with van der Waals surface area (Å²) in [5, 5.41) is 0.188. The largest absolute Gasteiger partial charge is 0.274 e. The van der Waals surface area contributed by atoms with E-state index in [-0.39, 0.29) is 22.9 Å².